The summed E-state index contributed by atoms with van der Waals surface area (Å²) in [6, 6.07) is 10.9. The van der Waals surface area contributed by atoms with Gasteiger partial charge in [0.2, 0.25) is 5.91 Å². The van der Waals surface area contributed by atoms with Crippen molar-refractivity contribution >= 4 is 29.3 Å². The second kappa shape index (κ2) is 8.84. The summed E-state index contributed by atoms with van der Waals surface area (Å²) >= 11 is 1.62. The molecular formula is C19H19NO3S. The van der Waals surface area contributed by atoms with E-state index in [-0.39, 0.29) is 11.9 Å². The van der Waals surface area contributed by atoms with E-state index in [4.69, 9.17) is 0 Å². The van der Waals surface area contributed by atoms with Crippen LogP contribution in [-0.4, -0.2) is 30.4 Å². The van der Waals surface area contributed by atoms with Gasteiger partial charge in [0.15, 0.2) is 0 Å². The van der Waals surface area contributed by atoms with Crippen molar-refractivity contribution in [2.24, 2.45) is 0 Å². The third-order valence-electron chi connectivity index (χ3n) is 3.34. The number of thiophene rings is 1. The lowest BCUT2D eigenvalue weighted by atomic mass is 10.1. The number of nitrogens with zero attached hydrogens (tertiary/aromatic N) is 1. The Balaban J connectivity index is 2.03. The summed E-state index contributed by atoms with van der Waals surface area (Å²) in [6.07, 6.45) is 4.97. The van der Waals surface area contributed by atoms with Gasteiger partial charge in [-0.1, -0.05) is 24.3 Å². The Hall–Kier alpha value is -2.66. The van der Waals surface area contributed by atoms with E-state index in [1.807, 2.05) is 17.5 Å². The zero-order valence-corrected chi connectivity index (χ0v) is 14.3. The van der Waals surface area contributed by atoms with Gasteiger partial charge in [0.05, 0.1) is 19.2 Å². The van der Waals surface area contributed by atoms with Crippen LogP contribution >= 0.6 is 11.3 Å². The first-order valence-electron chi connectivity index (χ1n) is 7.42. The second-order valence-electron chi connectivity index (χ2n) is 5.03. The average Bonchev–Trinajstić information content (AvgIpc) is 3.12. The molecule has 4 nitrogen and oxygen atoms in total. The van der Waals surface area contributed by atoms with Crippen LogP contribution < -0.4 is 0 Å². The number of carbonyl (C=O) groups excluding carboxylic acids is 2. The average molecular weight is 341 g/mol. The normalized spacial score (nSPS) is 10.5. The van der Waals surface area contributed by atoms with Crippen LogP contribution in [0.3, 0.4) is 0 Å². The van der Waals surface area contributed by atoms with Crippen LogP contribution in [0.15, 0.2) is 60.5 Å². The molecule has 0 N–H and O–H groups in total. The van der Waals surface area contributed by atoms with Crippen molar-refractivity contribution in [3.63, 3.8) is 0 Å². The Morgan fingerprint density at radius 1 is 1.25 bits per heavy atom. The first-order chi connectivity index (χ1) is 11.6. The maximum atomic E-state index is 12.4. The van der Waals surface area contributed by atoms with E-state index in [1.54, 1.807) is 52.7 Å². The molecule has 1 heterocycles. The standard InChI is InChI=1S/C19H19NO3S/c1-3-12-20(14-17-5-4-13-24-17)18(21)11-8-15-6-9-16(10-7-15)19(22)23-2/h3-11,13H,1,12,14H2,2H3/b11-8+. The fraction of sp³-hybridized carbons (Fsp3) is 0.158. The van der Waals surface area contributed by atoms with Crippen LogP contribution in [0.1, 0.15) is 20.8 Å². The van der Waals surface area contributed by atoms with Gasteiger partial charge in [-0.2, -0.15) is 0 Å². The smallest absolute Gasteiger partial charge is 0.337 e. The molecule has 2 aromatic rings. The maximum Gasteiger partial charge on any atom is 0.337 e. The molecule has 1 aromatic carbocycles. The number of hydrogen-bond acceptors (Lipinski definition) is 4. The molecular weight excluding hydrogens is 322 g/mol. The summed E-state index contributed by atoms with van der Waals surface area (Å²) in [5, 5.41) is 1.99. The highest BCUT2D eigenvalue weighted by Gasteiger charge is 2.10. The van der Waals surface area contributed by atoms with E-state index < -0.39 is 0 Å². The van der Waals surface area contributed by atoms with Gasteiger partial charge in [-0.15, -0.1) is 17.9 Å². The fourth-order valence-electron chi connectivity index (χ4n) is 2.10. The quantitative estimate of drug-likeness (QED) is 0.438. The van der Waals surface area contributed by atoms with Crippen molar-refractivity contribution in [3.8, 4) is 0 Å². The van der Waals surface area contributed by atoms with Crippen molar-refractivity contribution in [1.29, 1.82) is 0 Å². The Kier molecular flexibility index (Phi) is 6.51. The first-order valence-corrected chi connectivity index (χ1v) is 8.30. The monoisotopic (exact) mass is 341 g/mol. The molecule has 1 aromatic heterocycles. The molecule has 0 atom stereocenters. The lowest BCUT2D eigenvalue weighted by Gasteiger charge is -2.18. The SMILES string of the molecule is C=CCN(Cc1cccs1)C(=O)/C=C/c1ccc(C(=O)OC)cc1. The number of ether oxygens (including phenoxy) is 1. The van der Waals surface area contributed by atoms with Crippen molar-refractivity contribution in [1.82, 2.24) is 4.90 Å². The Morgan fingerprint density at radius 3 is 2.58 bits per heavy atom. The molecule has 5 heteroatoms. The molecule has 2 rings (SSSR count). The van der Waals surface area contributed by atoms with Crippen molar-refractivity contribution in [2.45, 2.75) is 6.54 Å². The van der Waals surface area contributed by atoms with Crippen LogP contribution in [0.4, 0.5) is 0 Å². The molecule has 0 unspecified atom stereocenters. The lowest BCUT2D eigenvalue weighted by Crippen LogP contribution is -2.28. The highest BCUT2D eigenvalue weighted by molar-refractivity contribution is 7.09. The molecule has 0 radical (unpaired) electrons. The summed E-state index contributed by atoms with van der Waals surface area (Å²) in [7, 11) is 1.34. The third kappa shape index (κ3) is 4.93. The molecule has 0 aliphatic carbocycles. The molecule has 0 bridgehead atoms. The zero-order chi connectivity index (χ0) is 17.4. The molecule has 1 amide bonds. The molecule has 124 valence electrons. The third-order valence-corrected chi connectivity index (χ3v) is 4.20. The summed E-state index contributed by atoms with van der Waals surface area (Å²) in [6.45, 7) is 4.76. The van der Waals surface area contributed by atoms with Crippen LogP contribution in [0.25, 0.3) is 6.08 Å². The number of methoxy groups -OCH3 is 1. The van der Waals surface area contributed by atoms with Crippen LogP contribution in [0.2, 0.25) is 0 Å². The van der Waals surface area contributed by atoms with Gasteiger partial charge >= 0.3 is 5.97 Å². The molecule has 24 heavy (non-hydrogen) atoms. The van der Waals surface area contributed by atoms with Gasteiger partial charge < -0.3 is 9.64 Å². The zero-order valence-electron chi connectivity index (χ0n) is 13.5. The van der Waals surface area contributed by atoms with Crippen LogP contribution in [0.5, 0.6) is 0 Å². The van der Waals surface area contributed by atoms with Gasteiger partial charge in [0.25, 0.3) is 0 Å². The molecule has 0 fully saturated rings. The molecule has 0 saturated heterocycles. The number of rotatable bonds is 7. The number of benzene rings is 1. The van der Waals surface area contributed by atoms with Gasteiger partial charge in [-0.25, -0.2) is 4.79 Å². The van der Waals surface area contributed by atoms with Gasteiger partial charge in [0.1, 0.15) is 0 Å². The Morgan fingerprint density at radius 2 is 2.00 bits per heavy atom. The van der Waals surface area contributed by atoms with Crippen LogP contribution in [-0.2, 0) is 16.1 Å². The largest absolute Gasteiger partial charge is 0.465 e. The van der Waals surface area contributed by atoms with E-state index in [1.165, 1.54) is 13.2 Å². The highest BCUT2D eigenvalue weighted by atomic mass is 32.1. The maximum absolute atomic E-state index is 12.4. The summed E-state index contributed by atoms with van der Waals surface area (Å²) in [4.78, 5) is 26.6. The molecule has 0 aliphatic rings. The van der Waals surface area contributed by atoms with E-state index in [0.717, 1.165) is 10.4 Å². The minimum atomic E-state index is -0.380. The van der Waals surface area contributed by atoms with Gasteiger partial charge in [-0.3, -0.25) is 4.79 Å². The van der Waals surface area contributed by atoms with Gasteiger partial charge in [0, 0.05) is 17.5 Å². The number of esters is 1. The van der Waals surface area contributed by atoms with E-state index in [0.29, 0.717) is 18.7 Å². The second-order valence-corrected chi connectivity index (χ2v) is 6.07. The van der Waals surface area contributed by atoms with Gasteiger partial charge in [-0.05, 0) is 35.2 Å². The Bertz CT molecular complexity index is 718. The number of hydrogen-bond donors (Lipinski definition) is 0. The fourth-order valence-corrected chi connectivity index (χ4v) is 2.82. The van der Waals surface area contributed by atoms with Crippen LogP contribution in [0, 0.1) is 0 Å². The number of amides is 1. The minimum Gasteiger partial charge on any atom is -0.465 e. The minimum absolute atomic E-state index is 0.0830. The summed E-state index contributed by atoms with van der Waals surface area (Å²) in [5.74, 6) is -0.463. The van der Waals surface area contributed by atoms with E-state index >= 15 is 0 Å². The predicted octanol–water partition coefficient (Wildman–Crippen LogP) is 3.76. The molecule has 0 aliphatic heterocycles. The summed E-state index contributed by atoms with van der Waals surface area (Å²) in [5.41, 5.74) is 1.32. The first kappa shape index (κ1) is 17.7. The highest BCUT2D eigenvalue weighted by Crippen LogP contribution is 2.13. The van der Waals surface area contributed by atoms with E-state index in [2.05, 4.69) is 11.3 Å². The topological polar surface area (TPSA) is 46.6 Å². The predicted molar refractivity (Wildman–Crippen MR) is 96.7 cm³/mol. The Labute approximate surface area is 145 Å². The molecule has 0 spiro atoms. The summed E-state index contributed by atoms with van der Waals surface area (Å²) < 4.78 is 4.66. The van der Waals surface area contributed by atoms with E-state index in [9.17, 15) is 9.59 Å². The molecule has 0 saturated carbocycles. The lowest BCUT2D eigenvalue weighted by molar-refractivity contribution is -0.126. The number of carbonyl (C=O) groups is 2. The van der Waals surface area contributed by atoms with Crippen molar-refractivity contribution in [3.05, 3.63) is 76.5 Å². The van der Waals surface area contributed by atoms with Crippen molar-refractivity contribution < 1.29 is 14.3 Å². The van der Waals surface area contributed by atoms with Crippen molar-refractivity contribution in [2.75, 3.05) is 13.7 Å².